The van der Waals surface area contributed by atoms with Crippen molar-refractivity contribution in [3.05, 3.63) is 32.7 Å². The van der Waals surface area contributed by atoms with E-state index >= 15 is 0 Å². The summed E-state index contributed by atoms with van der Waals surface area (Å²) in [7, 11) is 0. The zero-order valence-electron chi connectivity index (χ0n) is 7.17. The van der Waals surface area contributed by atoms with Crippen LogP contribution in [-0.4, -0.2) is 17.8 Å². The maximum Gasteiger partial charge on any atom is 0.331 e. The van der Waals surface area contributed by atoms with E-state index < -0.39 is 4.92 Å². The van der Waals surface area contributed by atoms with Gasteiger partial charge in [0.05, 0.1) is 15.4 Å². The fourth-order valence-corrected chi connectivity index (χ4v) is 1.71. The summed E-state index contributed by atoms with van der Waals surface area (Å²) < 4.78 is 0. The van der Waals surface area contributed by atoms with Gasteiger partial charge >= 0.3 is 5.00 Å². The van der Waals surface area contributed by atoms with Gasteiger partial charge in [-0.25, -0.2) is 0 Å². The summed E-state index contributed by atoms with van der Waals surface area (Å²) in [5.41, 5.74) is 5.64. The number of nitrogens with zero attached hydrogens (tertiary/aromatic N) is 1. The molecule has 6 heteroatoms. The second kappa shape index (κ2) is 4.64. The Hall–Kier alpha value is -1.53. The smallest absolute Gasteiger partial charge is 0.327 e. The first-order valence-corrected chi connectivity index (χ1v) is 4.60. The number of carbonyl (C=O) groups is 1. The molecular formula is C8H8N2O3S. The monoisotopic (exact) mass is 212 g/mol. The standard InChI is InChI=1S/C8H8N2O3S/c9-3-1-2-6-4-7(5-11)14-8(6)10(12)13/h1-2,4-5H,3,9H2. The Labute approximate surface area is 84.0 Å². The molecule has 0 aliphatic heterocycles. The van der Waals surface area contributed by atoms with E-state index in [0.717, 1.165) is 11.3 Å². The van der Waals surface area contributed by atoms with Gasteiger partial charge in [0.2, 0.25) is 0 Å². The van der Waals surface area contributed by atoms with Gasteiger partial charge in [0.15, 0.2) is 6.29 Å². The average Bonchev–Trinajstić information content (AvgIpc) is 2.58. The second-order valence-electron chi connectivity index (χ2n) is 2.42. The molecule has 0 radical (unpaired) electrons. The third-order valence-electron chi connectivity index (χ3n) is 1.47. The number of hydrogen-bond donors (Lipinski definition) is 1. The van der Waals surface area contributed by atoms with Crippen molar-refractivity contribution < 1.29 is 9.72 Å². The third kappa shape index (κ3) is 2.24. The molecule has 1 aromatic heterocycles. The minimum atomic E-state index is -0.506. The van der Waals surface area contributed by atoms with Crippen LogP contribution in [0.15, 0.2) is 12.1 Å². The highest BCUT2D eigenvalue weighted by Crippen LogP contribution is 2.29. The highest BCUT2D eigenvalue weighted by Gasteiger charge is 2.16. The lowest BCUT2D eigenvalue weighted by atomic mass is 10.2. The first kappa shape index (κ1) is 10.6. The number of nitro groups is 1. The van der Waals surface area contributed by atoms with Crippen molar-refractivity contribution in [1.29, 1.82) is 0 Å². The molecule has 74 valence electrons. The Morgan fingerprint density at radius 3 is 2.86 bits per heavy atom. The highest BCUT2D eigenvalue weighted by atomic mass is 32.1. The lowest BCUT2D eigenvalue weighted by Crippen LogP contribution is -1.92. The first-order chi connectivity index (χ1) is 6.69. The summed E-state index contributed by atoms with van der Waals surface area (Å²) in [4.78, 5) is 20.8. The van der Waals surface area contributed by atoms with Crippen LogP contribution < -0.4 is 5.73 Å². The number of rotatable bonds is 4. The van der Waals surface area contributed by atoms with Gasteiger partial charge in [0.1, 0.15) is 0 Å². The summed E-state index contributed by atoms with van der Waals surface area (Å²) in [6, 6.07) is 1.47. The SMILES string of the molecule is NCC=Cc1cc(C=O)sc1[N+](=O)[O-]. The van der Waals surface area contributed by atoms with Crippen molar-refractivity contribution >= 4 is 28.7 Å². The molecular weight excluding hydrogens is 204 g/mol. The van der Waals surface area contributed by atoms with Crippen LogP contribution in [0.3, 0.4) is 0 Å². The highest BCUT2D eigenvalue weighted by molar-refractivity contribution is 7.17. The van der Waals surface area contributed by atoms with Gasteiger partial charge < -0.3 is 5.73 Å². The van der Waals surface area contributed by atoms with E-state index in [1.807, 2.05) is 0 Å². The lowest BCUT2D eigenvalue weighted by molar-refractivity contribution is -0.380. The fourth-order valence-electron chi connectivity index (χ4n) is 0.930. The van der Waals surface area contributed by atoms with Crippen LogP contribution in [0.25, 0.3) is 6.08 Å². The summed E-state index contributed by atoms with van der Waals surface area (Å²) >= 11 is 0.859. The van der Waals surface area contributed by atoms with Crippen molar-refractivity contribution in [2.45, 2.75) is 0 Å². The molecule has 0 unspecified atom stereocenters. The maximum atomic E-state index is 10.5. The number of hydrogen-bond acceptors (Lipinski definition) is 5. The molecule has 1 rings (SSSR count). The van der Waals surface area contributed by atoms with E-state index in [2.05, 4.69) is 0 Å². The quantitative estimate of drug-likeness (QED) is 0.464. The van der Waals surface area contributed by atoms with Crippen LogP contribution >= 0.6 is 11.3 Å². The van der Waals surface area contributed by atoms with Crippen molar-refractivity contribution in [1.82, 2.24) is 0 Å². The third-order valence-corrected chi connectivity index (χ3v) is 2.50. The van der Waals surface area contributed by atoms with Gasteiger partial charge in [0.25, 0.3) is 0 Å². The molecule has 5 nitrogen and oxygen atoms in total. The van der Waals surface area contributed by atoms with Gasteiger partial charge in [-0.05, 0) is 12.1 Å². The minimum absolute atomic E-state index is 0.0307. The molecule has 0 saturated carbocycles. The molecule has 0 aromatic carbocycles. The van der Waals surface area contributed by atoms with Crippen molar-refractivity contribution in [3.63, 3.8) is 0 Å². The maximum absolute atomic E-state index is 10.5. The molecule has 0 amide bonds. The number of carbonyl (C=O) groups excluding carboxylic acids is 1. The normalized spacial score (nSPS) is 10.6. The molecule has 0 fully saturated rings. The molecule has 2 N–H and O–H groups in total. The Morgan fingerprint density at radius 2 is 2.36 bits per heavy atom. The van der Waals surface area contributed by atoms with E-state index in [1.54, 1.807) is 12.2 Å². The number of aldehydes is 1. The van der Waals surface area contributed by atoms with Crippen LogP contribution in [-0.2, 0) is 0 Å². The molecule has 0 spiro atoms. The van der Waals surface area contributed by atoms with E-state index in [1.165, 1.54) is 6.07 Å². The van der Waals surface area contributed by atoms with Gasteiger partial charge in [0, 0.05) is 6.54 Å². The number of nitrogens with two attached hydrogens (primary N) is 1. The zero-order valence-corrected chi connectivity index (χ0v) is 7.99. The zero-order chi connectivity index (χ0) is 10.6. The first-order valence-electron chi connectivity index (χ1n) is 3.79. The molecule has 0 bridgehead atoms. The van der Waals surface area contributed by atoms with Gasteiger partial charge in [-0.15, -0.1) is 0 Å². The van der Waals surface area contributed by atoms with Gasteiger partial charge in [-0.2, -0.15) is 0 Å². The summed E-state index contributed by atoms with van der Waals surface area (Å²) in [5, 5.41) is 10.5. The summed E-state index contributed by atoms with van der Waals surface area (Å²) in [5.74, 6) is 0. The molecule has 0 saturated heterocycles. The molecule has 0 aliphatic carbocycles. The van der Waals surface area contributed by atoms with Crippen LogP contribution in [0, 0.1) is 10.1 Å². The van der Waals surface area contributed by atoms with Crippen LogP contribution in [0.2, 0.25) is 0 Å². The largest absolute Gasteiger partial charge is 0.331 e. The Balaban J connectivity index is 3.11. The van der Waals surface area contributed by atoms with Crippen molar-refractivity contribution in [2.24, 2.45) is 5.73 Å². The molecule has 0 atom stereocenters. The molecule has 1 aromatic rings. The second-order valence-corrected chi connectivity index (χ2v) is 3.48. The summed E-state index contributed by atoms with van der Waals surface area (Å²) in [6.45, 7) is 0.309. The van der Waals surface area contributed by atoms with Crippen molar-refractivity contribution in [2.75, 3.05) is 6.54 Å². The minimum Gasteiger partial charge on any atom is -0.327 e. The van der Waals surface area contributed by atoms with Crippen molar-refractivity contribution in [3.8, 4) is 0 Å². The van der Waals surface area contributed by atoms with E-state index in [0.29, 0.717) is 23.3 Å². The Bertz CT molecular complexity index is 384. The topological polar surface area (TPSA) is 86.2 Å². The predicted molar refractivity (Wildman–Crippen MR) is 54.4 cm³/mol. The Morgan fingerprint density at radius 1 is 1.64 bits per heavy atom. The van der Waals surface area contributed by atoms with E-state index in [9.17, 15) is 14.9 Å². The fraction of sp³-hybridized carbons (Fsp3) is 0.125. The Kier molecular flexibility index (Phi) is 3.49. The van der Waals surface area contributed by atoms with Crippen LogP contribution in [0.1, 0.15) is 15.2 Å². The average molecular weight is 212 g/mol. The predicted octanol–water partition coefficient (Wildman–Crippen LogP) is 1.44. The number of thiophene rings is 1. The molecule has 14 heavy (non-hydrogen) atoms. The lowest BCUT2D eigenvalue weighted by Gasteiger charge is -1.86. The van der Waals surface area contributed by atoms with E-state index in [4.69, 9.17) is 5.73 Å². The molecule has 1 heterocycles. The van der Waals surface area contributed by atoms with Crippen LogP contribution in [0.4, 0.5) is 5.00 Å². The van der Waals surface area contributed by atoms with Crippen LogP contribution in [0.5, 0.6) is 0 Å². The van der Waals surface area contributed by atoms with E-state index in [-0.39, 0.29) is 5.00 Å². The molecule has 0 aliphatic rings. The van der Waals surface area contributed by atoms with Gasteiger partial charge in [-0.1, -0.05) is 17.4 Å². The summed E-state index contributed by atoms with van der Waals surface area (Å²) in [6.07, 6.45) is 3.74. The van der Waals surface area contributed by atoms with Gasteiger partial charge in [-0.3, -0.25) is 14.9 Å².